The topological polar surface area (TPSA) is 93.7 Å². The van der Waals surface area contributed by atoms with Gasteiger partial charge in [0.15, 0.2) is 11.5 Å². The molecule has 3 rings (SSSR count). The molecule has 3 aromatic carbocycles. The molecule has 0 saturated heterocycles. The van der Waals surface area contributed by atoms with Crippen molar-refractivity contribution < 1.29 is 22.7 Å². The molecule has 3 aromatic rings. The number of benzene rings is 3. The van der Waals surface area contributed by atoms with Gasteiger partial charge in [0.25, 0.3) is 15.9 Å². The Morgan fingerprint density at radius 1 is 0.867 bits per heavy atom. The summed E-state index contributed by atoms with van der Waals surface area (Å²) in [6, 6.07) is 21.5. The number of sulfonamides is 1. The number of nitrogens with one attached hydrogen (secondary N) is 2. The summed E-state index contributed by atoms with van der Waals surface area (Å²) >= 11 is 0. The molecule has 1 amide bonds. The molecule has 0 fully saturated rings. The van der Waals surface area contributed by atoms with Gasteiger partial charge in [0.1, 0.15) is 6.61 Å². The van der Waals surface area contributed by atoms with Crippen molar-refractivity contribution in [3.05, 3.63) is 84.4 Å². The van der Waals surface area contributed by atoms with Crippen molar-refractivity contribution in [1.29, 1.82) is 0 Å². The number of amides is 1. The highest BCUT2D eigenvalue weighted by Crippen LogP contribution is 2.25. The van der Waals surface area contributed by atoms with Crippen LogP contribution in [0, 0.1) is 0 Å². The molecule has 7 nitrogen and oxygen atoms in total. The number of methoxy groups -OCH3 is 1. The third kappa shape index (κ3) is 5.51. The van der Waals surface area contributed by atoms with Crippen LogP contribution in [0.5, 0.6) is 11.5 Å². The van der Waals surface area contributed by atoms with E-state index in [2.05, 4.69) is 10.0 Å². The Morgan fingerprint density at radius 2 is 1.50 bits per heavy atom. The molecule has 0 heterocycles. The van der Waals surface area contributed by atoms with Crippen molar-refractivity contribution in [2.45, 2.75) is 4.90 Å². The van der Waals surface area contributed by atoms with Crippen molar-refractivity contribution in [1.82, 2.24) is 5.32 Å². The van der Waals surface area contributed by atoms with Crippen molar-refractivity contribution in [2.24, 2.45) is 0 Å². The number of hydrogen-bond donors (Lipinski definition) is 2. The SMILES string of the molecule is COc1ccccc1OCCNC(=O)c1ccc(NS(=O)(=O)c2ccccc2)cc1. The number of ether oxygens (including phenoxy) is 2. The van der Waals surface area contributed by atoms with Crippen molar-refractivity contribution >= 4 is 21.6 Å². The lowest BCUT2D eigenvalue weighted by atomic mass is 10.2. The molecular formula is C22H22N2O5S. The Hall–Kier alpha value is -3.52. The Morgan fingerprint density at radius 3 is 2.17 bits per heavy atom. The molecule has 0 aliphatic heterocycles. The monoisotopic (exact) mass is 426 g/mol. The summed E-state index contributed by atoms with van der Waals surface area (Å²) < 4.78 is 38.0. The maximum Gasteiger partial charge on any atom is 0.261 e. The predicted molar refractivity (Wildman–Crippen MR) is 115 cm³/mol. The third-order valence-electron chi connectivity index (χ3n) is 4.17. The molecule has 2 N–H and O–H groups in total. The minimum Gasteiger partial charge on any atom is -0.493 e. The maximum atomic E-state index is 12.3. The summed E-state index contributed by atoms with van der Waals surface area (Å²) in [4.78, 5) is 12.4. The maximum absolute atomic E-state index is 12.3. The van der Waals surface area contributed by atoms with Gasteiger partial charge in [-0.05, 0) is 48.5 Å². The smallest absolute Gasteiger partial charge is 0.261 e. The van der Waals surface area contributed by atoms with E-state index in [-0.39, 0.29) is 17.4 Å². The lowest BCUT2D eigenvalue weighted by Crippen LogP contribution is -2.28. The lowest BCUT2D eigenvalue weighted by Gasteiger charge is -2.11. The highest BCUT2D eigenvalue weighted by atomic mass is 32.2. The largest absolute Gasteiger partial charge is 0.493 e. The molecule has 0 spiro atoms. The number of rotatable bonds is 9. The summed E-state index contributed by atoms with van der Waals surface area (Å²) in [5.41, 5.74) is 0.782. The number of carbonyl (C=O) groups excluding carboxylic acids is 1. The quantitative estimate of drug-likeness (QED) is 0.512. The molecule has 0 atom stereocenters. The van der Waals surface area contributed by atoms with Gasteiger partial charge in [-0.2, -0.15) is 0 Å². The van der Waals surface area contributed by atoms with Crippen LogP contribution >= 0.6 is 0 Å². The summed E-state index contributed by atoms with van der Waals surface area (Å²) in [5.74, 6) is 0.942. The third-order valence-corrected chi connectivity index (χ3v) is 5.56. The average Bonchev–Trinajstić information content (AvgIpc) is 2.77. The Kier molecular flexibility index (Phi) is 6.92. The first-order chi connectivity index (χ1) is 14.5. The van der Waals surface area contributed by atoms with E-state index < -0.39 is 10.0 Å². The molecule has 0 bridgehead atoms. The van der Waals surface area contributed by atoms with Crippen LogP contribution in [-0.4, -0.2) is 34.6 Å². The van der Waals surface area contributed by atoms with E-state index >= 15 is 0 Å². The Bertz CT molecular complexity index is 1080. The normalized spacial score (nSPS) is 10.8. The molecule has 0 aromatic heterocycles. The zero-order valence-corrected chi connectivity index (χ0v) is 17.2. The first-order valence-corrected chi connectivity index (χ1v) is 10.7. The van der Waals surface area contributed by atoms with E-state index in [1.807, 2.05) is 12.1 Å². The molecule has 30 heavy (non-hydrogen) atoms. The van der Waals surface area contributed by atoms with Gasteiger partial charge in [0, 0.05) is 11.3 Å². The molecule has 0 unspecified atom stereocenters. The van der Waals surface area contributed by atoms with Crippen molar-refractivity contribution in [3.8, 4) is 11.5 Å². The zero-order valence-electron chi connectivity index (χ0n) is 16.4. The minimum atomic E-state index is -3.67. The summed E-state index contributed by atoms with van der Waals surface area (Å²) in [7, 11) is -2.11. The van der Waals surface area contributed by atoms with Crippen LogP contribution in [0.4, 0.5) is 5.69 Å². The van der Waals surface area contributed by atoms with Crippen LogP contribution in [0.15, 0.2) is 83.8 Å². The first kappa shape index (κ1) is 21.2. The Balaban J connectivity index is 1.51. The summed E-state index contributed by atoms with van der Waals surface area (Å²) in [6.07, 6.45) is 0. The second-order valence-corrected chi connectivity index (χ2v) is 7.93. The number of hydrogen-bond acceptors (Lipinski definition) is 5. The van der Waals surface area contributed by atoms with Crippen molar-refractivity contribution in [2.75, 3.05) is 25.0 Å². The van der Waals surface area contributed by atoms with Gasteiger partial charge < -0.3 is 14.8 Å². The Labute approximate surface area is 175 Å². The van der Waals surface area contributed by atoms with E-state index in [1.165, 1.54) is 12.1 Å². The first-order valence-electron chi connectivity index (χ1n) is 9.21. The van der Waals surface area contributed by atoms with E-state index in [0.717, 1.165) is 0 Å². The number of para-hydroxylation sites is 2. The zero-order chi connectivity index (χ0) is 21.4. The van der Waals surface area contributed by atoms with Gasteiger partial charge in [0.2, 0.25) is 0 Å². The van der Waals surface area contributed by atoms with Crippen LogP contribution in [0.2, 0.25) is 0 Å². The number of carbonyl (C=O) groups is 1. The average molecular weight is 426 g/mol. The number of anilines is 1. The van der Waals surface area contributed by atoms with Gasteiger partial charge in [0.05, 0.1) is 18.6 Å². The molecule has 156 valence electrons. The van der Waals surface area contributed by atoms with Crippen molar-refractivity contribution in [3.63, 3.8) is 0 Å². The summed E-state index contributed by atoms with van der Waals surface area (Å²) in [5, 5.41) is 2.76. The fraction of sp³-hybridized carbons (Fsp3) is 0.136. The van der Waals surface area contributed by atoms with Crippen LogP contribution in [0.1, 0.15) is 10.4 Å². The lowest BCUT2D eigenvalue weighted by molar-refractivity contribution is 0.0947. The molecule has 0 radical (unpaired) electrons. The van der Waals surface area contributed by atoms with E-state index in [9.17, 15) is 13.2 Å². The van der Waals surface area contributed by atoms with E-state index in [1.54, 1.807) is 61.7 Å². The molecular weight excluding hydrogens is 404 g/mol. The fourth-order valence-corrected chi connectivity index (χ4v) is 3.75. The second kappa shape index (κ2) is 9.80. The predicted octanol–water partition coefficient (Wildman–Crippen LogP) is 3.30. The van der Waals surface area contributed by atoms with E-state index in [4.69, 9.17) is 9.47 Å². The van der Waals surface area contributed by atoms with E-state index in [0.29, 0.717) is 29.3 Å². The van der Waals surface area contributed by atoms with Crippen LogP contribution in [-0.2, 0) is 10.0 Å². The van der Waals surface area contributed by atoms with Gasteiger partial charge in [-0.25, -0.2) is 8.42 Å². The van der Waals surface area contributed by atoms with Gasteiger partial charge in [-0.3, -0.25) is 9.52 Å². The second-order valence-electron chi connectivity index (χ2n) is 6.25. The van der Waals surface area contributed by atoms with Crippen LogP contribution in [0.25, 0.3) is 0 Å². The molecule has 0 aliphatic rings. The minimum absolute atomic E-state index is 0.168. The molecule has 8 heteroatoms. The summed E-state index contributed by atoms with van der Waals surface area (Å²) in [6.45, 7) is 0.584. The molecule has 0 aliphatic carbocycles. The highest BCUT2D eigenvalue weighted by molar-refractivity contribution is 7.92. The molecule has 0 saturated carbocycles. The fourth-order valence-electron chi connectivity index (χ4n) is 2.67. The highest BCUT2D eigenvalue weighted by Gasteiger charge is 2.14. The van der Waals surface area contributed by atoms with Gasteiger partial charge in [-0.1, -0.05) is 30.3 Å². The van der Waals surface area contributed by atoms with Gasteiger partial charge >= 0.3 is 0 Å². The van der Waals surface area contributed by atoms with Gasteiger partial charge in [-0.15, -0.1) is 0 Å². The van der Waals surface area contributed by atoms with Crippen LogP contribution < -0.4 is 19.5 Å². The standard InChI is InChI=1S/C22H22N2O5S/c1-28-20-9-5-6-10-21(20)29-16-15-23-22(25)17-11-13-18(14-12-17)24-30(26,27)19-7-3-2-4-8-19/h2-14,24H,15-16H2,1H3,(H,23,25). The van der Waals surface area contributed by atoms with Crippen LogP contribution in [0.3, 0.4) is 0 Å².